The van der Waals surface area contributed by atoms with E-state index in [4.69, 9.17) is 0 Å². The van der Waals surface area contributed by atoms with E-state index < -0.39 is 0 Å². The number of aryl methyl sites for hydroxylation is 1. The molecule has 0 aliphatic carbocycles. The first-order valence-corrected chi connectivity index (χ1v) is 11.3. The number of anilines is 3. The summed E-state index contributed by atoms with van der Waals surface area (Å²) in [6, 6.07) is 22.6. The number of nitrogens with one attached hydrogen (secondary N) is 2. The van der Waals surface area contributed by atoms with Crippen LogP contribution >= 0.6 is 15.9 Å². The summed E-state index contributed by atoms with van der Waals surface area (Å²) in [7, 11) is 0. The Balaban J connectivity index is 1.30. The third-order valence-electron chi connectivity index (χ3n) is 5.53. The van der Waals surface area contributed by atoms with E-state index in [-0.39, 0.29) is 11.9 Å². The maximum absolute atomic E-state index is 12.8. The van der Waals surface area contributed by atoms with Crippen LogP contribution in [0.15, 0.2) is 77.3 Å². The van der Waals surface area contributed by atoms with Gasteiger partial charge in [0.25, 0.3) is 5.91 Å². The summed E-state index contributed by atoms with van der Waals surface area (Å²) in [6.07, 6.45) is 0. The Morgan fingerprint density at radius 3 is 1.94 bits per heavy atom. The van der Waals surface area contributed by atoms with E-state index in [1.54, 1.807) is 0 Å². The van der Waals surface area contributed by atoms with Crippen LogP contribution in [0.1, 0.15) is 15.9 Å². The Labute approximate surface area is 196 Å². The van der Waals surface area contributed by atoms with Crippen LogP contribution in [0.25, 0.3) is 0 Å². The summed E-state index contributed by atoms with van der Waals surface area (Å²) < 4.78 is 0.958. The molecule has 7 heteroatoms. The average Bonchev–Trinajstić information content (AvgIpc) is 2.81. The highest BCUT2D eigenvalue weighted by Crippen LogP contribution is 2.21. The normalized spacial score (nSPS) is 13.6. The van der Waals surface area contributed by atoms with E-state index in [1.165, 1.54) is 0 Å². The maximum atomic E-state index is 12.8. The van der Waals surface area contributed by atoms with Crippen molar-refractivity contribution in [3.05, 3.63) is 88.4 Å². The molecule has 3 aromatic carbocycles. The molecule has 2 N–H and O–H groups in total. The maximum Gasteiger partial charge on any atom is 0.323 e. The minimum atomic E-state index is -0.289. The molecule has 1 aliphatic rings. The van der Waals surface area contributed by atoms with Crippen molar-refractivity contribution >= 4 is 44.9 Å². The second-order valence-corrected chi connectivity index (χ2v) is 8.64. The van der Waals surface area contributed by atoms with Crippen molar-refractivity contribution in [2.75, 3.05) is 41.7 Å². The molecule has 1 saturated heterocycles. The summed E-state index contributed by atoms with van der Waals surface area (Å²) >= 11 is 3.38. The van der Waals surface area contributed by atoms with Gasteiger partial charge in [-0.3, -0.25) is 4.79 Å². The van der Waals surface area contributed by atoms with Crippen LogP contribution in [0.2, 0.25) is 0 Å². The fraction of sp³-hybridized carbons (Fsp3) is 0.200. The number of hydrogen-bond acceptors (Lipinski definition) is 3. The molecule has 0 radical (unpaired) electrons. The lowest BCUT2D eigenvalue weighted by atomic mass is 10.1. The zero-order valence-corrected chi connectivity index (χ0v) is 19.4. The topological polar surface area (TPSA) is 64.7 Å². The Morgan fingerprint density at radius 1 is 0.781 bits per heavy atom. The molecule has 6 nitrogen and oxygen atoms in total. The van der Waals surface area contributed by atoms with Crippen LogP contribution in [0.3, 0.4) is 0 Å². The smallest absolute Gasteiger partial charge is 0.323 e. The Kier molecular flexibility index (Phi) is 6.75. The number of piperazine rings is 1. The fourth-order valence-corrected chi connectivity index (χ4v) is 4.00. The molecule has 0 unspecified atom stereocenters. The minimum absolute atomic E-state index is 0.0964. The van der Waals surface area contributed by atoms with Gasteiger partial charge in [-0.1, -0.05) is 34.1 Å². The second kappa shape index (κ2) is 9.87. The lowest BCUT2D eigenvalue weighted by Crippen LogP contribution is -2.48. The summed E-state index contributed by atoms with van der Waals surface area (Å²) in [5, 5.41) is 5.66. The first-order chi connectivity index (χ1) is 15.5. The third-order valence-corrected chi connectivity index (χ3v) is 6.06. The summed E-state index contributed by atoms with van der Waals surface area (Å²) in [5.41, 5.74) is 4.30. The zero-order chi connectivity index (χ0) is 22.5. The van der Waals surface area contributed by atoms with E-state index in [0.717, 1.165) is 45.8 Å². The SMILES string of the molecule is Cc1ccccc1C(=O)N1CCN(c2ccc(NC(=O)Nc3ccc(Br)cc3)cc2)CC1. The highest BCUT2D eigenvalue weighted by molar-refractivity contribution is 9.10. The molecule has 3 amide bonds. The number of hydrogen-bond donors (Lipinski definition) is 2. The number of carbonyl (C=O) groups is 2. The van der Waals surface area contributed by atoms with E-state index >= 15 is 0 Å². The predicted molar refractivity (Wildman–Crippen MR) is 133 cm³/mol. The van der Waals surface area contributed by atoms with E-state index in [2.05, 4.69) is 31.5 Å². The van der Waals surface area contributed by atoms with Gasteiger partial charge in [-0.05, 0) is 67.1 Å². The number of halogens is 1. The van der Waals surface area contributed by atoms with Crippen molar-refractivity contribution in [3.8, 4) is 0 Å². The number of urea groups is 1. The lowest BCUT2D eigenvalue weighted by Gasteiger charge is -2.36. The molecule has 0 aromatic heterocycles. The van der Waals surface area contributed by atoms with Gasteiger partial charge in [-0.25, -0.2) is 4.79 Å². The van der Waals surface area contributed by atoms with Crippen molar-refractivity contribution in [2.45, 2.75) is 6.92 Å². The van der Waals surface area contributed by atoms with Gasteiger partial charge < -0.3 is 20.4 Å². The molecule has 0 atom stereocenters. The Hall–Kier alpha value is -3.32. The zero-order valence-electron chi connectivity index (χ0n) is 17.8. The van der Waals surface area contributed by atoms with Crippen molar-refractivity contribution in [3.63, 3.8) is 0 Å². The number of benzene rings is 3. The van der Waals surface area contributed by atoms with Crippen molar-refractivity contribution < 1.29 is 9.59 Å². The predicted octanol–water partition coefficient (Wildman–Crippen LogP) is 5.36. The standard InChI is InChI=1S/C25H25BrN4O2/c1-18-4-2-3-5-23(18)24(31)30-16-14-29(15-17-30)22-12-10-21(11-13-22)28-25(32)27-20-8-6-19(26)7-9-20/h2-13H,14-17H2,1H3,(H2,27,28,32). The van der Waals surface area contributed by atoms with E-state index in [1.807, 2.05) is 84.6 Å². The first kappa shape index (κ1) is 21.9. The van der Waals surface area contributed by atoms with Gasteiger partial charge in [-0.2, -0.15) is 0 Å². The number of carbonyl (C=O) groups excluding carboxylic acids is 2. The molecule has 3 aromatic rings. The molecule has 1 heterocycles. The van der Waals surface area contributed by atoms with Gasteiger partial charge in [0, 0.05) is 53.3 Å². The Morgan fingerprint density at radius 2 is 1.34 bits per heavy atom. The highest BCUT2D eigenvalue weighted by Gasteiger charge is 2.23. The van der Waals surface area contributed by atoms with Crippen LogP contribution in [-0.2, 0) is 0 Å². The minimum Gasteiger partial charge on any atom is -0.368 e. The van der Waals surface area contributed by atoms with Crippen LogP contribution < -0.4 is 15.5 Å². The quantitative estimate of drug-likeness (QED) is 0.514. The molecule has 0 bridgehead atoms. The summed E-state index contributed by atoms with van der Waals surface area (Å²) in [6.45, 7) is 4.88. The van der Waals surface area contributed by atoms with Crippen LogP contribution in [0.4, 0.5) is 21.9 Å². The van der Waals surface area contributed by atoms with Crippen LogP contribution in [-0.4, -0.2) is 43.0 Å². The molecule has 0 spiro atoms. The fourth-order valence-electron chi connectivity index (χ4n) is 3.73. The van der Waals surface area contributed by atoms with E-state index in [0.29, 0.717) is 13.1 Å². The monoisotopic (exact) mass is 492 g/mol. The van der Waals surface area contributed by atoms with Crippen LogP contribution in [0, 0.1) is 6.92 Å². The van der Waals surface area contributed by atoms with Gasteiger partial charge in [0.05, 0.1) is 0 Å². The summed E-state index contributed by atoms with van der Waals surface area (Å²) in [5.74, 6) is 0.0964. The van der Waals surface area contributed by atoms with Gasteiger partial charge in [0.1, 0.15) is 0 Å². The summed E-state index contributed by atoms with van der Waals surface area (Å²) in [4.78, 5) is 29.2. The molecule has 1 aliphatic heterocycles. The molecule has 4 rings (SSSR count). The van der Waals surface area contributed by atoms with E-state index in [9.17, 15) is 9.59 Å². The van der Waals surface area contributed by atoms with Crippen molar-refractivity contribution in [2.24, 2.45) is 0 Å². The first-order valence-electron chi connectivity index (χ1n) is 10.5. The van der Waals surface area contributed by atoms with Crippen molar-refractivity contribution in [1.82, 2.24) is 4.90 Å². The molecule has 32 heavy (non-hydrogen) atoms. The molecule has 0 saturated carbocycles. The van der Waals surface area contributed by atoms with Crippen molar-refractivity contribution in [1.29, 1.82) is 0 Å². The molecular formula is C25H25BrN4O2. The largest absolute Gasteiger partial charge is 0.368 e. The second-order valence-electron chi connectivity index (χ2n) is 7.73. The van der Waals surface area contributed by atoms with Crippen LogP contribution in [0.5, 0.6) is 0 Å². The number of rotatable bonds is 4. The number of nitrogens with zero attached hydrogens (tertiary/aromatic N) is 2. The lowest BCUT2D eigenvalue weighted by molar-refractivity contribution is 0.0746. The van der Waals surface area contributed by atoms with Gasteiger partial charge in [0.15, 0.2) is 0 Å². The molecule has 1 fully saturated rings. The average molecular weight is 493 g/mol. The number of amides is 3. The highest BCUT2D eigenvalue weighted by atomic mass is 79.9. The van der Waals surface area contributed by atoms with Gasteiger partial charge >= 0.3 is 6.03 Å². The van der Waals surface area contributed by atoms with Gasteiger partial charge in [0.2, 0.25) is 0 Å². The van der Waals surface area contributed by atoms with Gasteiger partial charge in [-0.15, -0.1) is 0 Å². The Bertz CT molecular complexity index is 1090. The third kappa shape index (κ3) is 5.29. The molecular weight excluding hydrogens is 468 g/mol. The molecule has 164 valence electrons.